The van der Waals surface area contributed by atoms with Crippen LogP contribution in [0.3, 0.4) is 0 Å². The molecule has 3 heterocycles. The summed E-state index contributed by atoms with van der Waals surface area (Å²) in [7, 11) is -4.00. The van der Waals surface area contributed by atoms with Crippen molar-refractivity contribution in [3.8, 4) is 11.6 Å². The predicted octanol–water partition coefficient (Wildman–Crippen LogP) is 4.04. The maximum absolute atomic E-state index is 14.6. The van der Waals surface area contributed by atoms with Crippen molar-refractivity contribution < 1.29 is 42.2 Å². The van der Waals surface area contributed by atoms with Gasteiger partial charge in [0.2, 0.25) is 27.7 Å². The second-order valence-electron chi connectivity index (χ2n) is 15.9. The zero-order chi connectivity index (χ0) is 37.7. The van der Waals surface area contributed by atoms with E-state index in [1.165, 1.54) is 4.90 Å². The van der Waals surface area contributed by atoms with Gasteiger partial charge in [-0.3, -0.25) is 19.1 Å². The number of allylic oxidation sites excluding steroid dienone is 1. The summed E-state index contributed by atoms with van der Waals surface area (Å²) >= 11 is 0. The van der Waals surface area contributed by atoms with Crippen molar-refractivity contribution in [2.24, 2.45) is 17.8 Å². The lowest BCUT2D eigenvalue weighted by molar-refractivity contribution is -0.142. The van der Waals surface area contributed by atoms with Crippen molar-refractivity contribution in [3.63, 3.8) is 0 Å². The zero-order valence-electron chi connectivity index (χ0n) is 30.4. The zero-order valence-corrected chi connectivity index (χ0v) is 31.2. The Bertz CT molecular complexity index is 1930. The van der Waals surface area contributed by atoms with Crippen molar-refractivity contribution in [2.45, 2.75) is 120 Å². The van der Waals surface area contributed by atoms with Gasteiger partial charge in [-0.2, -0.15) is 0 Å². The van der Waals surface area contributed by atoms with Gasteiger partial charge >= 0.3 is 6.09 Å². The smallest absolute Gasteiger partial charge is 0.405 e. The van der Waals surface area contributed by atoms with E-state index < -0.39 is 68.2 Å². The summed E-state index contributed by atoms with van der Waals surface area (Å²) in [5.74, 6) is -1.76. The molecule has 4 fully saturated rings. The summed E-state index contributed by atoms with van der Waals surface area (Å²) in [6.07, 6.45) is 9.03. The second-order valence-corrected chi connectivity index (χ2v) is 18.1. The Morgan fingerprint density at radius 1 is 1.08 bits per heavy atom. The summed E-state index contributed by atoms with van der Waals surface area (Å²) in [4.78, 5) is 60.8. The average molecular weight is 752 g/mol. The standard InChI is InChI=1S/C38H49N5O9S/c1-4-23-17-22(2)9-5-6-10-24-19-38(24,35(46)42-53(49,50)37(3)15-16-37)41-32(44)29-18-26(21-43(29)34(45)31(23)40-36(47)48)52-33-28-12-8-7-11-27(28)30(20-39-33)51-25-13-14-25/h6-8,10-12,20,22-26,29,31,40H,4-5,9,13-19,21H2,1-3H3,(H,41,44)(H,42,46)(H,47,48)/t22-,23-,24-,26-,29+,31+,38-/m1/s1. The van der Waals surface area contributed by atoms with Crippen LogP contribution in [0.25, 0.3) is 10.8 Å². The lowest BCUT2D eigenvalue weighted by Crippen LogP contribution is -2.59. The van der Waals surface area contributed by atoms with Gasteiger partial charge in [0.15, 0.2) is 0 Å². The van der Waals surface area contributed by atoms with Gasteiger partial charge in [0.05, 0.1) is 23.6 Å². The minimum Gasteiger partial charge on any atom is -0.488 e. The molecule has 286 valence electrons. The fourth-order valence-corrected chi connectivity index (χ4v) is 9.11. The molecule has 1 saturated heterocycles. The van der Waals surface area contributed by atoms with E-state index in [4.69, 9.17) is 9.47 Å². The van der Waals surface area contributed by atoms with Crippen molar-refractivity contribution in [1.82, 2.24) is 25.2 Å². The first-order chi connectivity index (χ1) is 25.2. The van der Waals surface area contributed by atoms with Crippen LogP contribution in [-0.4, -0.2) is 88.3 Å². The number of carbonyl (C=O) groups is 4. The van der Waals surface area contributed by atoms with Crippen LogP contribution in [0.1, 0.15) is 85.0 Å². The molecule has 2 aromatic rings. The number of aromatic nitrogens is 1. The highest BCUT2D eigenvalue weighted by atomic mass is 32.2. The van der Waals surface area contributed by atoms with Crippen molar-refractivity contribution in [3.05, 3.63) is 42.6 Å². The molecule has 0 unspecified atom stereocenters. The molecule has 4 N–H and O–H groups in total. The highest BCUT2D eigenvalue weighted by Gasteiger charge is 2.63. The number of nitrogens with one attached hydrogen (secondary N) is 3. The molecule has 5 aliphatic rings. The molecule has 3 aliphatic carbocycles. The SMILES string of the molecule is CC[C@@H]1C[C@H](C)CCC=C[C@@H]2C[C@@]2(C(=O)NS(=O)(=O)C2(C)CC2)NC(=O)[C@@H]2C[C@@H](Oc3ncc(OC4CC4)c4ccccc34)CN2C(=O)[C@H]1NC(=O)O. The summed E-state index contributed by atoms with van der Waals surface area (Å²) < 4.78 is 40.0. The van der Waals surface area contributed by atoms with Crippen LogP contribution in [0.2, 0.25) is 0 Å². The third kappa shape index (κ3) is 7.54. The minimum absolute atomic E-state index is 0.0233. The van der Waals surface area contributed by atoms with Gasteiger partial charge in [0, 0.05) is 23.1 Å². The van der Waals surface area contributed by atoms with Crippen molar-refractivity contribution >= 4 is 44.6 Å². The maximum Gasteiger partial charge on any atom is 0.405 e. The van der Waals surface area contributed by atoms with Crippen molar-refractivity contribution in [2.75, 3.05) is 6.54 Å². The summed E-state index contributed by atoms with van der Waals surface area (Å²) in [6, 6.07) is 5.24. The Morgan fingerprint density at radius 2 is 1.81 bits per heavy atom. The number of amides is 4. The minimum atomic E-state index is -4.00. The normalized spacial score (nSPS) is 31.3. The first-order valence-electron chi connectivity index (χ1n) is 18.8. The number of benzene rings is 1. The predicted molar refractivity (Wildman–Crippen MR) is 194 cm³/mol. The average Bonchev–Trinajstić information content (AvgIpc) is 4.07. The summed E-state index contributed by atoms with van der Waals surface area (Å²) in [6.45, 7) is 5.50. The quantitative estimate of drug-likeness (QED) is 0.272. The van der Waals surface area contributed by atoms with E-state index in [-0.39, 0.29) is 37.3 Å². The molecule has 7 rings (SSSR count). The van der Waals surface area contributed by atoms with E-state index in [2.05, 4.69) is 27.3 Å². The fourth-order valence-electron chi connectivity index (χ4n) is 7.80. The third-order valence-electron chi connectivity index (χ3n) is 11.7. The lowest BCUT2D eigenvalue weighted by atomic mass is 9.85. The maximum atomic E-state index is 14.6. The van der Waals surface area contributed by atoms with Gasteiger partial charge in [0.1, 0.15) is 29.5 Å². The van der Waals surface area contributed by atoms with E-state index in [0.29, 0.717) is 49.1 Å². The Balaban J connectivity index is 1.22. The highest BCUT2D eigenvalue weighted by Crippen LogP contribution is 2.48. The molecular formula is C38H49N5O9S. The molecule has 0 spiro atoms. The van der Waals surface area contributed by atoms with Gasteiger partial charge in [-0.05, 0) is 76.2 Å². The number of carbonyl (C=O) groups excluding carboxylic acids is 3. The van der Waals surface area contributed by atoms with Gasteiger partial charge < -0.3 is 30.1 Å². The van der Waals surface area contributed by atoms with Crippen LogP contribution >= 0.6 is 0 Å². The van der Waals surface area contributed by atoms with Crippen LogP contribution in [0.15, 0.2) is 42.6 Å². The highest BCUT2D eigenvalue weighted by molar-refractivity contribution is 7.91. The molecule has 15 heteroatoms. The van der Waals surface area contributed by atoms with Gasteiger partial charge in [-0.25, -0.2) is 18.2 Å². The molecule has 4 amide bonds. The van der Waals surface area contributed by atoms with E-state index in [1.807, 2.05) is 43.3 Å². The molecule has 1 aromatic heterocycles. The van der Waals surface area contributed by atoms with Crippen LogP contribution in [0.5, 0.6) is 11.6 Å². The van der Waals surface area contributed by atoms with E-state index in [1.54, 1.807) is 13.1 Å². The Morgan fingerprint density at radius 3 is 2.49 bits per heavy atom. The molecule has 53 heavy (non-hydrogen) atoms. The number of ether oxygens (including phenoxy) is 2. The Kier molecular flexibility index (Phi) is 9.83. The van der Waals surface area contributed by atoms with Crippen LogP contribution < -0.4 is 24.8 Å². The molecule has 1 aromatic carbocycles. The van der Waals surface area contributed by atoms with Gasteiger partial charge in [-0.15, -0.1) is 0 Å². The van der Waals surface area contributed by atoms with Gasteiger partial charge in [0.25, 0.3) is 5.91 Å². The lowest BCUT2D eigenvalue weighted by Gasteiger charge is -2.33. The summed E-state index contributed by atoms with van der Waals surface area (Å²) in [5, 5.41) is 16.7. The number of carboxylic acid groups (broad SMARTS) is 1. The number of nitrogens with zero attached hydrogens (tertiary/aromatic N) is 2. The molecule has 2 aliphatic heterocycles. The molecule has 14 nitrogen and oxygen atoms in total. The topological polar surface area (TPSA) is 193 Å². The van der Waals surface area contributed by atoms with Crippen LogP contribution in [0, 0.1) is 17.8 Å². The Hall–Kier alpha value is -4.40. The van der Waals surface area contributed by atoms with Gasteiger partial charge in [-0.1, -0.05) is 50.6 Å². The number of rotatable bonds is 9. The third-order valence-corrected chi connectivity index (χ3v) is 13.9. The van der Waals surface area contributed by atoms with Crippen LogP contribution in [-0.2, 0) is 24.4 Å². The van der Waals surface area contributed by atoms with Crippen molar-refractivity contribution in [1.29, 1.82) is 0 Å². The monoisotopic (exact) mass is 751 g/mol. The fraction of sp³-hybridized carbons (Fsp3) is 0.605. The van der Waals surface area contributed by atoms with E-state index >= 15 is 0 Å². The number of hydrogen-bond donors (Lipinski definition) is 4. The number of hydrogen-bond acceptors (Lipinski definition) is 9. The second kappa shape index (κ2) is 14.1. The molecule has 3 saturated carbocycles. The first-order valence-corrected chi connectivity index (χ1v) is 20.3. The number of pyridine rings is 1. The summed E-state index contributed by atoms with van der Waals surface area (Å²) in [5.41, 5.74) is -1.54. The van der Waals surface area contributed by atoms with Crippen LogP contribution in [0.4, 0.5) is 4.79 Å². The van der Waals surface area contributed by atoms with E-state index in [0.717, 1.165) is 24.6 Å². The van der Waals surface area contributed by atoms with E-state index in [9.17, 15) is 32.7 Å². The number of sulfonamides is 1. The molecular weight excluding hydrogens is 703 g/mol. The molecule has 7 atom stereocenters. The first kappa shape index (κ1) is 36.9. The largest absolute Gasteiger partial charge is 0.488 e. The molecule has 0 radical (unpaired) electrons. The number of fused-ring (bicyclic) bond motifs is 3. The molecule has 0 bridgehead atoms. The Labute approximate surface area is 309 Å².